The summed E-state index contributed by atoms with van der Waals surface area (Å²) < 4.78 is 2.26. The summed E-state index contributed by atoms with van der Waals surface area (Å²) in [5, 5.41) is 0.656. The molecule has 3 nitrogen and oxygen atoms in total. The van der Waals surface area contributed by atoms with E-state index in [0.717, 1.165) is 17.9 Å². The molecule has 1 atom stereocenters. The van der Waals surface area contributed by atoms with Crippen molar-refractivity contribution < 1.29 is 0 Å². The molecule has 0 aliphatic carbocycles. The van der Waals surface area contributed by atoms with Crippen LogP contribution in [0.2, 0.25) is 5.15 Å². The number of aromatic nitrogens is 3. The van der Waals surface area contributed by atoms with Gasteiger partial charge in [0.1, 0.15) is 5.82 Å². The minimum absolute atomic E-state index is 0.499. The lowest BCUT2D eigenvalue weighted by atomic mass is 9.98. The zero-order valence-electron chi connectivity index (χ0n) is 9.73. The maximum atomic E-state index is 6.26. The SMILES string of the molecule is CC1CCCn2c(-c3ccncc3)nc(Cl)c21. The van der Waals surface area contributed by atoms with Gasteiger partial charge in [-0.25, -0.2) is 4.98 Å². The van der Waals surface area contributed by atoms with Gasteiger partial charge in [-0.05, 0) is 30.9 Å². The van der Waals surface area contributed by atoms with Crippen LogP contribution in [0, 0.1) is 0 Å². The normalized spacial score (nSPS) is 19.1. The molecule has 3 heterocycles. The van der Waals surface area contributed by atoms with Gasteiger partial charge in [0, 0.05) is 24.5 Å². The van der Waals surface area contributed by atoms with E-state index in [1.165, 1.54) is 18.5 Å². The van der Waals surface area contributed by atoms with E-state index >= 15 is 0 Å². The molecular weight excluding hydrogens is 234 g/mol. The third kappa shape index (κ3) is 1.75. The highest BCUT2D eigenvalue weighted by molar-refractivity contribution is 6.30. The second-order valence-electron chi connectivity index (χ2n) is 4.54. The average molecular weight is 248 g/mol. The molecule has 0 saturated carbocycles. The summed E-state index contributed by atoms with van der Waals surface area (Å²) >= 11 is 6.26. The molecule has 17 heavy (non-hydrogen) atoms. The van der Waals surface area contributed by atoms with Crippen LogP contribution >= 0.6 is 11.6 Å². The van der Waals surface area contributed by atoms with Crippen LogP contribution in [0.3, 0.4) is 0 Å². The Morgan fingerprint density at radius 3 is 2.88 bits per heavy atom. The molecule has 0 aromatic carbocycles. The van der Waals surface area contributed by atoms with E-state index in [2.05, 4.69) is 21.5 Å². The zero-order valence-corrected chi connectivity index (χ0v) is 10.5. The van der Waals surface area contributed by atoms with E-state index in [0.29, 0.717) is 11.1 Å². The lowest BCUT2D eigenvalue weighted by molar-refractivity contribution is 0.478. The van der Waals surface area contributed by atoms with E-state index < -0.39 is 0 Å². The fraction of sp³-hybridized carbons (Fsp3) is 0.385. The molecular formula is C13H14ClN3. The monoisotopic (exact) mass is 247 g/mol. The van der Waals surface area contributed by atoms with Gasteiger partial charge in [0.2, 0.25) is 0 Å². The minimum Gasteiger partial charge on any atom is -0.326 e. The highest BCUT2D eigenvalue weighted by atomic mass is 35.5. The molecule has 0 N–H and O–H groups in total. The molecule has 1 unspecified atom stereocenters. The Labute approximate surface area is 105 Å². The number of imidazole rings is 1. The maximum absolute atomic E-state index is 6.26. The van der Waals surface area contributed by atoms with Crippen molar-refractivity contribution in [1.29, 1.82) is 0 Å². The van der Waals surface area contributed by atoms with E-state index in [4.69, 9.17) is 11.6 Å². The van der Waals surface area contributed by atoms with Crippen molar-refractivity contribution in [1.82, 2.24) is 14.5 Å². The summed E-state index contributed by atoms with van der Waals surface area (Å²) in [4.78, 5) is 8.55. The standard InChI is InChI=1S/C13H14ClN3/c1-9-3-2-8-17-11(9)12(14)16-13(17)10-4-6-15-7-5-10/h4-7,9H,2-3,8H2,1H3. The van der Waals surface area contributed by atoms with Crippen molar-refractivity contribution in [3.63, 3.8) is 0 Å². The molecule has 2 aromatic heterocycles. The lowest BCUT2D eigenvalue weighted by Gasteiger charge is -2.22. The summed E-state index contributed by atoms with van der Waals surface area (Å²) in [5.41, 5.74) is 2.27. The molecule has 0 amide bonds. The van der Waals surface area contributed by atoms with Crippen LogP contribution < -0.4 is 0 Å². The van der Waals surface area contributed by atoms with E-state index in [1.54, 1.807) is 12.4 Å². The largest absolute Gasteiger partial charge is 0.326 e. The summed E-state index contributed by atoms with van der Waals surface area (Å²) in [6, 6.07) is 3.95. The molecule has 2 aromatic rings. The Morgan fingerprint density at radius 1 is 1.35 bits per heavy atom. The first-order chi connectivity index (χ1) is 8.27. The second kappa shape index (κ2) is 4.15. The van der Waals surface area contributed by atoms with E-state index in [-0.39, 0.29) is 0 Å². The van der Waals surface area contributed by atoms with Gasteiger partial charge >= 0.3 is 0 Å². The van der Waals surface area contributed by atoms with Crippen LogP contribution in [-0.4, -0.2) is 14.5 Å². The number of hydrogen-bond donors (Lipinski definition) is 0. The van der Waals surface area contributed by atoms with Crippen LogP contribution in [0.15, 0.2) is 24.5 Å². The molecule has 4 heteroatoms. The van der Waals surface area contributed by atoms with Crippen LogP contribution in [0.5, 0.6) is 0 Å². The van der Waals surface area contributed by atoms with Crippen LogP contribution in [0.4, 0.5) is 0 Å². The molecule has 0 spiro atoms. The number of nitrogens with zero attached hydrogens (tertiary/aromatic N) is 3. The minimum atomic E-state index is 0.499. The van der Waals surface area contributed by atoms with E-state index in [1.807, 2.05) is 12.1 Å². The molecule has 0 bridgehead atoms. The van der Waals surface area contributed by atoms with Crippen LogP contribution in [-0.2, 0) is 6.54 Å². The fourth-order valence-corrected chi connectivity index (χ4v) is 2.91. The van der Waals surface area contributed by atoms with Gasteiger partial charge in [-0.15, -0.1) is 0 Å². The van der Waals surface area contributed by atoms with Gasteiger partial charge in [-0.2, -0.15) is 0 Å². The Kier molecular flexibility index (Phi) is 2.63. The first-order valence-electron chi connectivity index (χ1n) is 5.93. The molecule has 3 rings (SSSR count). The first kappa shape index (κ1) is 10.8. The first-order valence-corrected chi connectivity index (χ1v) is 6.31. The van der Waals surface area contributed by atoms with Gasteiger partial charge in [-0.3, -0.25) is 4.98 Å². The average Bonchev–Trinajstić information content (AvgIpc) is 2.69. The summed E-state index contributed by atoms with van der Waals surface area (Å²) in [6.45, 7) is 3.23. The molecule has 0 fully saturated rings. The number of fused-ring (bicyclic) bond motifs is 1. The predicted octanol–water partition coefficient (Wildman–Crippen LogP) is 3.50. The highest BCUT2D eigenvalue weighted by Gasteiger charge is 2.24. The maximum Gasteiger partial charge on any atom is 0.151 e. The van der Waals surface area contributed by atoms with Gasteiger partial charge < -0.3 is 4.57 Å². The summed E-state index contributed by atoms with van der Waals surface area (Å²) in [6.07, 6.45) is 5.97. The fourth-order valence-electron chi connectivity index (χ4n) is 2.55. The number of pyridine rings is 1. The third-order valence-electron chi connectivity index (χ3n) is 3.39. The van der Waals surface area contributed by atoms with Crippen molar-refractivity contribution in [2.75, 3.05) is 0 Å². The molecule has 1 aliphatic heterocycles. The number of rotatable bonds is 1. The van der Waals surface area contributed by atoms with Crippen LogP contribution in [0.1, 0.15) is 31.4 Å². The summed E-state index contributed by atoms with van der Waals surface area (Å²) in [7, 11) is 0. The third-order valence-corrected chi connectivity index (χ3v) is 3.66. The van der Waals surface area contributed by atoms with Crippen molar-refractivity contribution in [3.05, 3.63) is 35.4 Å². The topological polar surface area (TPSA) is 30.7 Å². The van der Waals surface area contributed by atoms with Crippen molar-refractivity contribution in [2.24, 2.45) is 0 Å². The molecule has 0 radical (unpaired) electrons. The smallest absolute Gasteiger partial charge is 0.151 e. The Morgan fingerprint density at radius 2 is 2.12 bits per heavy atom. The molecule has 88 valence electrons. The zero-order chi connectivity index (χ0) is 11.8. The van der Waals surface area contributed by atoms with Crippen molar-refractivity contribution in [2.45, 2.75) is 32.2 Å². The lowest BCUT2D eigenvalue weighted by Crippen LogP contribution is -2.14. The predicted molar refractivity (Wildman–Crippen MR) is 68.1 cm³/mol. The molecule has 1 aliphatic rings. The van der Waals surface area contributed by atoms with Gasteiger partial charge in [0.15, 0.2) is 5.15 Å². The van der Waals surface area contributed by atoms with Gasteiger partial charge in [0.05, 0.1) is 5.69 Å². The van der Waals surface area contributed by atoms with Gasteiger partial charge in [-0.1, -0.05) is 18.5 Å². The van der Waals surface area contributed by atoms with Gasteiger partial charge in [0.25, 0.3) is 0 Å². The summed E-state index contributed by atoms with van der Waals surface area (Å²) in [5.74, 6) is 1.47. The number of halogens is 1. The Hall–Kier alpha value is -1.35. The quantitative estimate of drug-likeness (QED) is 0.772. The molecule has 0 saturated heterocycles. The Bertz CT molecular complexity index is 533. The van der Waals surface area contributed by atoms with E-state index in [9.17, 15) is 0 Å². The van der Waals surface area contributed by atoms with Crippen molar-refractivity contribution in [3.8, 4) is 11.4 Å². The Balaban J connectivity index is 2.17. The second-order valence-corrected chi connectivity index (χ2v) is 4.90. The number of hydrogen-bond acceptors (Lipinski definition) is 2. The highest BCUT2D eigenvalue weighted by Crippen LogP contribution is 2.36. The van der Waals surface area contributed by atoms with Crippen LogP contribution in [0.25, 0.3) is 11.4 Å². The van der Waals surface area contributed by atoms with Crippen molar-refractivity contribution >= 4 is 11.6 Å².